The van der Waals surface area contributed by atoms with Crippen molar-refractivity contribution in [1.82, 2.24) is 5.32 Å². The van der Waals surface area contributed by atoms with E-state index in [9.17, 15) is 14.7 Å². The van der Waals surface area contributed by atoms with Gasteiger partial charge in [-0.3, -0.25) is 4.79 Å². The lowest BCUT2D eigenvalue weighted by atomic mass is 9.88. The number of amides is 1. The topological polar surface area (TPSA) is 107 Å². The number of carbonyl (C=O) groups excluding carboxylic acids is 1. The summed E-state index contributed by atoms with van der Waals surface area (Å²) in [5.74, 6) is 0.807. The van der Waals surface area contributed by atoms with E-state index in [0.717, 1.165) is 5.56 Å². The lowest BCUT2D eigenvalue weighted by molar-refractivity contribution is -0.121. The lowest BCUT2D eigenvalue weighted by Gasteiger charge is -2.19. The van der Waals surface area contributed by atoms with Crippen LogP contribution in [0.3, 0.4) is 0 Å². The zero-order valence-electron chi connectivity index (χ0n) is 22.4. The van der Waals surface area contributed by atoms with E-state index >= 15 is 0 Å². The molecular formula is C31H33NO7. The molecule has 0 fully saturated rings. The molecule has 0 radical (unpaired) electrons. The van der Waals surface area contributed by atoms with Crippen molar-refractivity contribution < 1.29 is 28.5 Å². The van der Waals surface area contributed by atoms with Gasteiger partial charge in [0.05, 0.1) is 31.3 Å². The van der Waals surface area contributed by atoms with Gasteiger partial charge in [0.25, 0.3) is 0 Å². The van der Waals surface area contributed by atoms with Gasteiger partial charge in [-0.15, -0.1) is 0 Å². The highest BCUT2D eigenvalue weighted by atomic mass is 16.5. The van der Waals surface area contributed by atoms with Gasteiger partial charge in [-0.1, -0.05) is 30.3 Å². The summed E-state index contributed by atoms with van der Waals surface area (Å²) < 4.78 is 22.1. The molecule has 0 saturated carbocycles. The van der Waals surface area contributed by atoms with Crippen LogP contribution in [-0.2, 0) is 11.2 Å². The van der Waals surface area contributed by atoms with E-state index in [1.54, 1.807) is 55.6 Å². The molecule has 8 nitrogen and oxygen atoms in total. The van der Waals surface area contributed by atoms with Crippen molar-refractivity contribution in [3.05, 3.63) is 93.8 Å². The molecule has 0 aliphatic heterocycles. The molecular weight excluding hydrogens is 498 g/mol. The number of carbonyl (C=O) groups is 1. The molecule has 2 N–H and O–H groups in total. The third kappa shape index (κ3) is 6.52. The maximum absolute atomic E-state index is 13.1. The normalized spacial score (nSPS) is 11.7. The van der Waals surface area contributed by atoms with Crippen molar-refractivity contribution in [2.24, 2.45) is 0 Å². The smallest absolute Gasteiger partial charge is 0.343 e. The van der Waals surface area contributed by atoms with Crippen LogP contribution in [0.5, 0.6) is 23.0 Å². The highest BCUT2D eigenvalue weighted by Gasteiger charge is 2.27. The van der Waals surface area contributed by atoms with E-state index < -0.39 is 11.5 Å². The highest BCUT2D eigenvalue weighted by molar-refractivity contribution is 5.85. The molecule has 0 saturated heterocycles. The minimum atomic E-state index is -0.730. The van der Waals surface area contributed by atoms with E-state index in [-0.39, 0.29) is 29.2 Å². The third-order valence-electron chi connectivity index (χ3n) is 6.42. The number of methoxy groups -OCH3 is 1. The molecule has 8 heteroatoms. The summed E-state index contributed by atoms with van der Waals surface area (Å²) in [5.41, 5.74) is 1.31. The molecule has 0 aliphatic rings. The van der Waals surface area contributed by atoms with Gasteiger partial charge in [-0.05, 0) is 67.8 Å². The molecule has 4 rings (SSSR count). The molecule has 0 bridgehead atoms. The van der Waals surface area contributed by atoms with Crippen molar-refractivity contribution in [3.8, 4) is 23.0 Å². The molecule has 3 aromatic carbocycles. The SMILES string of the molecule is CCOc1ccc(CCNC(=O)C[C@@H](c2ccc(OC)cc2)c2c(O)c3ccccc3oc2=O)cc1OCC. The summed E-state index contributed by atoms with van der Waals surface area (Å²) in [6.07, 6.45) is 0.519. The van der Waals surface area contributed by atoms with Gasteiger partial charge in [0, 0.05) is 18.9 Å². The van der Waals surface area contributed by atoms with Crippen molar-refractivity contribution in [3.63, 3.8) is 0 Å². The Hall–Kier alpha value is -4.46. The van der Waals surface area contributed by atoms with E-state index in [1.807, 2.05) is 32.0 Å². The lowest BCUT2D eigenvalue weighted by Crippen LogP contribution is -2.28. The third-order valence-corrected chi connectivity index (χ3v) is 6.42. The van der Waals surface area contributed by atoms with Gasteiger partial charge in [0.1, 0.15) is 17.1 Å². The summed E-state index contributed by atoms with van der Waals surface area (Å²) in [6.45, 7) is 5.26. The van der Waals surface area contributed by atoms with Crippen molar-refractivity contribution in [2.75, 3.05) is 26.9 Å². The molecule has 204 valence electrons. The van der Waals surface area contributed by atoms with Crippen LogP contribution in [0, 0.1) is 0 Å². The molecule has 0 spiro atoms. The van der Waals surface area contributed by atoms with Gasteiger partial charge >= 0.3 is 5.63 Å². The Morgan fingerprint density at radius 2 is 1.69 bits per heavy atom. The Morgan fingerprint density at radius 1 is 0.974 bits per heavy atom. The van der Waals surface area contributed by atoms with Crippen LogP contribution >= 0.6 is 0 Å². The molecule has 0 aliphatic carbocycles. The first kappa shape index (κ1) is 27.6. The predicted octanol–water partition coefficient (Wildman–Crippen LogP) is 5.19. The summed E-state index contributed by atoms with van der Waals surface area (Å²) >= 11 is 0. The first-order valence-electron chi connectivity index (χ1n) is 13.0. The van der Waals surface area contributed by atoms with Gasteiger partial charge in [0.2, 0.25) is 5.91 Å². The van der Waals surface area contributed by atoms with Crippen LogP contribution in [0.25, 0.3) is 11.0 Å². The van der Waals surface area contributed by atoms with Crippen LogP contribution < -0.4 is 25.2 Å². The molecule has 1 atom stereocenters. The second-order valence-electron chi connectivity index (χ2n) is 8.92. The Labute approximate surface area is 227 Å². The average molecular weight is 532 g/mol. The van der Waals surface area contributed by atoms with Crippen LogP contribution in [0.4, 0.5) is 0 Å². The number of nitrogens with one attached hydrogen (secondary N) is 1. The van der Waals surface area contributed by atoms with Crippen LogP contribution in [0.15, 0.2) is 75.9 Å². The Bertz CT molecular complexity index is 1480. The molecule has 0 unspecified atom stereocenters. The highest BCUT2D eigenvalue weighted by Crippen LogP contribution is 2.36. The van der Waals surface area contributed by atoms with Gasteiger partial charge in [0.15, 0.2) is 11.5 Å². The van der Waals surface area contributed by atoms with Crippen LogP contribution in [-0.4, -0.2) is 37.9 Å². The maximum Gasteiger partial charge on any atom is 0.343 e. The summed E-state index contributed by atoms with van der Waals surface area (Å²) in [7, 11) is 1.56. The monoisotopic (exact) mass is 531 g/mol. The van der Waals surface area contributed by atoms with E-state index in [2.05, 4.69) is 5.32 Å². The largest absolute Gasteiger partial charge is 0.507 e. The van der Waals surface area contributed by atoms with Crippen molar-refractivity contribution >= 4 is 16.9 Å². The number of hydrogen-bond acceptors (Lipinski definition) is 7. The van der Waals surface area contributed by atoms with Crippen LogP contribution in [0.1, 0.15) is 42.9 Å². The molecule has 1 amide bonds. The average Bonchev–Trinajstić information content (AvgIpc) is 2.94. The van der Waals surface area contributed by atoms with E-state index in [4.69, 9.17) is 18.6 Å². The molecule has 1 heterocycles. The molecule has 4 aromatic rings. The Balaban J connectivity index is 1.54. The standard InChI is InChI=1S/C31H33NO7/c1-4-37-26-15-10-20(18-27(26)38-5-2)16-17-32-28(33)19-24(21-11-13-22(36-3)14-12-21)29-30(34)23-8-6-7-9-25(23)39-31(29)35/h6-15,18,24,34H,4-5,16-17,19H2,1-3H3,(H,32,33)/t24-/m0/s1. The first-order chi connectivity index (χ1) is 18.9. The number of hydrogen-bond donors (Lipinski definition) is 2. The van der Waals surface area contributed by atoms with Crippen molar-refractivity contribution in [2.45, 2.75) is 32.6 Å². The fraction of sp³-hybridized carbons (Fsp3) is 0.290. The zero-order valence-corrected chi connectivity index (χ0v) is 22.4. The maximum atomic E-state index is 13.1. The van der Waals surface area contributed by atoms with Crippen LogP contribution in [0.2, 0.25) is 0 Å². The summed E-state index contributed by atoms with van der Waals surface area (Å²) in [5, 5.41) is 14.4. The number of benzene rings is 3. The zero-order chi connectivity index (χ0) is 27.8. The summed E-state index contributed by atoms with van der Waals surface area (Å²) in [4.78, 5) is 26.1. The fourth-order valence-corrected chi connectivity index (χ4v) is 4.53. The quantitative estimate of drug-likeness (QED) is 0.242. The number of aromatic hydroxyl groups is 1. The van der Waals surface area contributed by atoms with Gasteiger partial charge < -0.3 is 29.1 Å². The minimum absolute atomic E-state index is 0.0434. The Morgan fingerprint density at radius 3 is 2.41 bits per heavy atom. The van der Waals surface area contributed by atoms with E-state index in [0.29, 0.717) is 54.4 Å². The van der Waals surface area contributed by atoms with Crippen molar-refractivity contribution in [1.29, 1.82) is 0 Å². The fourth-order valence-electron chi connectivity index (χ4n) is 4.53. The second-order valence-corrected chi connectivity index (χ2v) is 8.92. The number of rotatable bonds is 12. The minimum Gasteiger partial charge on any atom is -0.507 e. The van der Waals surface area contributed by atoms with Gasteiger partial charge in [-0.2, -0.15) is 0 Å². The molecule has 39 heavy (non-hydrogen) atoms. The number of ether oxygens (including phenoxy) is 3. The van der Waals surface area contributed by atoms with Gasteiger partial charge in [-0.25, -0.2) is 4.79 Å². The summed E-state index contributed by atoms with van der Waals surface area (Å²) in [6, 6.07) is 19.6. The Kier molecular flexibility index (Phi) is 9.10. The number of fused-ring (bicyclic) bond motifs is 1. The predicted molar refractivity (Wildman–Crippen MR) is 149 cm³/mol. The first-order valence-corrected chi connectivity index (χ1v) is 13.0. The number of para-hydroxylation sites is 1. The molecule has 1 aromatic heterocycles. The van der Waals surface area contributed by atoms with E-state index in [1.165, 1.54) is 0 Å². The second kappa shape index (κ2) is 12.9.